The number of piperidine rings is 1. The smallest absolute Gasteiger partial charge is 0.411 e. The van der Waals surface area contributed by atoms with Gasteiger partial charge in [0.15, 0.2) is 0 Å². The molecule has 45 heavy (non-hydrogen) atoms. The number of likely N-dealkylation sites (tertiary alicyclic amines) is 1. The second-order valence-electron chi connectivity index (χ2n) is 11.8. The summed E-state index contributed by atoms with van der Waals surface area (Å²) in [5.74, 6) is 0.553. The zero-order valence-corrected chi connectivity index (χ0v) is 25.8. The van der Waals surface area contributed by atoms with Crippen LogP contribution >= 0.6 is 0 Å². The van der Waals surface area contributed by atoms with E-state index < -0.39 is 6.09 Å². The Morgan fingerprint density at radius 2 is 1.60 bits per heavy atom. The van der Waals surface area contributed by atoms with Gasteiger partial charge in [-0.3, -0.25) is 10.1 Å². The van der Waals surface area contributed by atoms with Gasteiger partial charge in [-0.15, -0.1) is 0 Å². The minimum absolute atomic E-state index is 0.0182. The topological polar surface area (TPSA) is 103 Å². The fourth-order valence-electron chi connectivity index (χ4n) is 5.79. The molecule has 1 saturated heterocycles. The fraction of sp³-hybridized carbons (Fsp3) is 0.351. The van der Waals surface area contributed by atoms with Crippen molar-refractivity contribution in [1.29, 1.82) is 0 Å². The number of aromatic hydroxyl groups is 1. The number of nitrogens with zero attached hydrogens (tertiary/aromatic N) is 1. The molecular weight excluding hydrogens is 564 g/mol. The molecule has 4 N–H and O–H groups in total. The number of benzene rings is 3. The number of hydrogen-bond acceptors (Lipinski definition) is 6. The standard InChI is InChI=1S/C37H44N4O4/c42-32-16-14-28(15-17-32)18-21-38-27-30-12-10-29(11-13-30)26-36(43)39-22-25-41-23-19-33(20-24-41)45-37(44)40-35-9-5-4-8-34(35)31-6-2-1-3-7-31/h1-6,8-17,31,33,38,42H,7,18-27H2,(H,39,43)(H,40,44). The van der Waals surface area contributed by atoms with Crippen molar-refractivity contribution < 1.29 is 19.4 Å². The van der Waals surface area contributed by atoms with E-state index in [0.717, 1.165) is 75.2 Å². The molecule has 2 aliphatic rings. The largest absolute Gasteiger partial charge is 0.508 e. The summed E-state index contributed by atoms with van der Waals surface area (Å²) in [4.78, 5) is 27.5. The highest BCUT2D eigenvalue weighted by atomic mass is 16.6. The Balaban J connectivity index is 0.936. The van der Waals surface area contributed by atoms with Crippen molar-refractivity contribution in [3.8, 4) is 5.75 Å². The molecule has 1 unspecified atom stereocenters. The highest BCUT2D eigenvalue weighted by molar-refractivity contribution is 5.86. The van der Waals surface area contributed by atoms with Crippen LogP contribution in [0.4, 0.5) is 10.5 Å². The van der Waals surface area contributed by atoms with Crippen LogP contribution in [0.2, 0.25) is 0 Å². The van der Waals surface area contributed by atoms with E-state index >= 15 is 0 Å². The molecule has 5 rings (SSSR count). The number of para-hydroxylation sites is 1. The highest BCUT2D eigenvalue weighted by Gasteiger charge is 2.23. The molecule has 8 heteroatoms. The first-order valence-corrected chi connectivity index (χ1v) is 16.0. The monoisotopic (exact) mass is 608 g/mol. The molecule has 0 bridgehead atoms. The number of ether oxygens (including phenoxy) is 1. The lowest BCUT2D eigenvalue weighted by molar-refractivity contribution is -0.120. The van der Waals surface area contributed by atoms with Crippen LogP contribution in [-0.2, 0) is 28.9 Å². The Bertz CT molecular complexity index is 1440. The first-order chi connectivity index (χ1) is 22.0. The SMILES string of the molecule is O=C(Cc1ccc(CNCCc2ccc(O)cc2)cc1)NCCN1CCC(OC(=O)Nc2ccccc2C2C=CC=CC2)CC1. The van der Waals surface area contributed by atoms with Crippen molar-refractivity contribution in [2.75, 3.05) is 38.0 Å². The van der Waals surface area contributed by atoms with E-state index in [0.29, 0.717) is 13.0 Å². The Morgan fingerprint density at radius 1 is 0.867 bits per heavy atom. The zero-order chi connectivity index (χ0) is 31.3. The Morgan fingerprint density at radius 3 is 2.36 bits per heavy atom. The molecule has 0 radical (unpaired) electrons. The number of rotatable bonds is 13. The Hall–Kier alpha value is -4.40. The van der Waals surface area contributed by atoms with Gasteiger partial charge < -0.3 is 25.4 Å². The van der Waals surface area contributed by atoms with Crippen LogP contribution in [-0.4, -0.2) is 60.8 Å². The average Bonchev–Trinajstić information content (AvgIpc) is 3.06. The Kier molecular flexibility index (Phi) is 11.8. The van der Waals surface area contributed by atoms with Crippen molar-refractivity contribution in [2.24, 2.45) is 0 Å². The predicted molar refractivity (Wildman–Crippen MR) is 178 cm³/mol. The minimum Gasteiger partial charge on any atom is -0.508 e. The van der Waals surface area contributed by atoms with Crippen LogP contribution in [0.1, 0.15) is 47.4 Å². The third kappa shape index (κ3) is 10.3. The molecule has 1 aliphatic heterocycles. The third-order valence-corrected chi connectivity index (χ3v) is 8.38. The number of carbonyl (C=O) groups excluding carboxylic acids is 2. The number of allylic oxidation sites excluding steroid dienone is 4. The second kappa shape index (κ2) is 16.6. The van der Waals surface area contributed by atoms with Crippen molar-refractivity contribution in [1.82, 2.24) is 15.5 Å². The number of nitrogens with one attached hydrogen (secondary N) is 3. The molecule has 1 aliphatic carbocycles. The van der Waals surface area contributed by atoms with Gasteiger partial charge in [-0.05, 0) is 72.7 Å². The first kappa shape index (κ1) is 32.0. The van der Waals surface area contributed by atoms with Crippen molar-refractivity contribution in [3.63, 3.8) is 0 Å². The van der Waals surface area contributed by atoms with Gasteiger partial charge >= 0.3 is 6.09 Å². The lowest BCUT2D eigenvalue weighted by Crippen LogP contribution is -2.42. The summed E-state index contributed by atoms with van der Waals surface area (Å²) in [6.07, 6.45) is 11.6. The van der Waals surface area contributed by atoms with E-state index in [1.807, 2.05) is 54.6 Å². The second-order valence-corrected chi connectivity index (χ2v) is 11.8. The van der Waals surface area contributed by atoms with Gasteiger partial charge in [-0.2, -0.15) is 0 Å². The predicted octanol–water partition coefficient (Wildman–Crippen LogP) is 5.70. The number of hydrogen-bond donors (Lipinski definition) is 4. The van der Waals surface area contributed by atoms with Crippen LogP contribution in [0.25, 0.3) is 0 Å². The lowest BCUT2D eigenvalue weighted by atomic mass is 9.91. The van der Waals surface area contributed by atoms with Gasteiger partial charge in [0.1, 0.15) is 11.9 Å². The molecule has 3 aromatic carbocycles. The van der Waals surface area contributed by atoms with Crippen LogP contribution in [0.15, 0.2) is 97.1 Å². The van der Waals surface area contributed by atoms with Crippen molar-refractivity contribution in [2.45, 2.75) is 50.7 Å². The van der Waals surface area contributed by atoms with Gasteiger partial charge in [-0.25, -0.2) is 4.79 Å². The molecule has 1 fully saturated rings. The molecule has 3 aromatic rings. The molecule has 0 spiro atoms. The number of amides is 2. The van der Waals surface area contributed by atoms with E-state index in [2.05, 4.69) is 51.2 Å². The first-order valence-electron chi connectivity index (χ1n) is 16.0. The third-order valence-electron chi connectivity index (χ3n) is 8.38. The fourth-order valence-corrected chi connectivity index (χ4v) is 5.79. The van der Waals surface area contributed by atoms with Gasteiger partial charge in [0.25, 0.3) is 0 Å². The summed E-state index contributed by atoms with van der Waals surface area (Å²) < 4.78 is 5.76. The highest BCUT2D eigenvalue weighted by Crippen LogP contribution is 2.30. The molecule has 0 saturated carbocycles. The average molecular weight is 609 g/mol. The maximum atomic E-state index is 12.7. The summed E-state index contributed by atoms with van der Waals surface area (Å²) in [5, 5.41) is 18.8. The molecule has 1 heterocycles. The summed E-state index contributed by atoms with van der Waals surface area (Å²) in [5.41, 5.74) is 5.24. The number of phenols is 1. The van der Waals surface area contributed by atoms with Gasteiger partial charge in [0.2, 0.25) is 5.91 Å². The summed E-state index contributed by atoms with van der Waals surface area (Å²) >= 11 is 0. The van der Waals surface area contributed by atoms with Crippen molar-refractivity contribution in [3.05, 3.63) is 119 Å². The van der Waals surface area contributed by atoms with E-state index in [1.54, 1.807) is 12.1 Å². The van der Waals surface area contributed by atoms with E-state index in [4.69, 9.17) is 4.74 Å². The van der Waals surface area contributed by atoms with Gasteiger partial charge in [0, 0.05) is 44.3 Å². The summed E-state index contributed by atoms with van der Waals surface area (Å²) in [7, 11) is 0. The van der Waals surface area contributed by atoms with Crippen molar-refractivity contribution >= 4 is 17.7 Å². The quantitative estimate of drug-likeness (QED) is 0.186. The van der Waals surface area contributed by atoms with Crippen LogP contribution in [0, 0.1) is 0 Å². The number of carbonyl (C=O) groups is 2. The number of phenolic OH excluding ortho intramolecular Hbond substituents is 1. The van der Waals surface area contributed by atoms with Crippen LogP contribution in [0.5, 0.6) is 5.75 Å². The molecule has 0 aromatic heterocycles. The molecule has 2 amide bonds. The van der Waals surface area contributed by atoms with E-state index in [-0.39, 0.29) is 23.7 Å². The maximum absolute atomic E-state index is 12.7. The maximum Gasteiger partial charge on any atom is 0.411 e. The molecule has 8 nitrogen and oxygen atoms in total. The summed E-state index contributed by atoms with van der Waals surface area (Å²) in [6, 6.07) is 23.4. The molecular formula is C37H44N4O4. The van der Waals surface area contributed by atoms with Gasteiger partial charge in [0.05, 0.1) is 6.42 Å². The molecule has 236 valence electrons. The van der Waals surface area contributed by atoms with E-state index in [9.17, 15) is 14.7 Å². The zero-order valence-electron chi connectivity index (χ0n) is 25.8. The normalized spacial score (nSPS) is 16.8. The van der Waals surface area contributed by atoms with E-state index in [1.165, 1.54) is 11.1 Å². The lowest BCUT2D eigenvalue weighted by Gasteiger charge is -2.31. The summed E-state index contributed by atoms with van der Waals surface area (Å²) in [6.45, 7) is 4.63. The number of anilines is 1. The Labute approximate surface area is 266 Å². The van der Waals surface area contributed by atoms with Crippen LogP contribution in [0.3, 0.4) is 0 Å². The minimum atomic E-state index is -0.404. The molecule has 1 atom stereocenters. The van der Waals surface area contributed by atoms with Gasteiger partial charge in [-0.1, -0.05) is 78.9 Å². The van der Waals surface area contributed by atoms with Crippen LogP contribution < -0.4 is 16.0 Å².